The van der Waals surface area contributed by atoms with Crippen LogP contribution in [0.3, 0.4) is 0 Å². The van der Waals surface area contributed by atoms with Crippen molar-refractivity contribution < 1.29 is 9.47 Å². The van der Waals surface area contributed by atoms with E-state index in [2.05, 4.69) is 19.2 Å². The maximum Gasteiger partial charge on any atom is 0.0620 e. The topological polar surface area (TPSA) is 30.5 Å². The van der Waals surface area contributed by atoms with E-state index in [1.807, 2.05) is 0 Å². The van der Waals surface area contributed by atoms with Crippen LogP contribution in [0.5, 0.6) is 0 Å². The van der Waals surface area contributed by atoms with E-state index >= 15 is 0 Å². The Bertz CT molecular complexity index is 133. The van der Waals surface area contributed by atoms with Crippen LogP contribution in [-0.2, 0) is 9.47 Å². The molecule has 1 rings (SSSR count). The van der Waals surface area contributed by atoms with Gasteiger partial charge in [-0.15, -0.1) is 0 Å². The maximum atomic E-state index is 5.49. The first-order valence-electron chi connectivity index (χ1n) is 5.68. The second-order valence-electron chi connectivity index (χ2n) is 4.34. The Balaban J connectivity index is 1.79. The summed E-state index contributed by atoms with van der Waals surface area (Å²) in [4.78, 5) is 0. The lowest BCUT2D eigenvalue weighted by Gasteiger charge is -2.10. The summed E-state index contributed by atoms with van der Waals surface area (Å²) in [6.45, 7) is 8.95. The molecule has 84 valence electrons. The van der Waals surface area contributed by atoms with Crippen LogP contribution in [0.2, 0.25) is 0 Å². The highest BCUT2D eigenvalue weighted by atomic mass is 16.5. The third kappa shape index (κ3) is 5.58. The molecular formula is C11H23NO2. The zero-order valence-electron chi connectivity index (χ0n) is 9.42. The molecule has 1 saturated heterocycles. The van der Waals surface area contributed by atoms with Gasteiger partial charge in [-0.25, -0.2) is 0 Å². The summed E-state index contributed by atoms with van der Waals surface area (Å²) in [6.07, 6.45) is 2.26. The molecule has 0 saturated carbocycles. The monoisotopic (exact) mass is 201 g/mol. The second-order valence-corrected chi connectivity index (χ2v) is 4.34. The predicted octanol–water partition coefficient (Wildman–Crippen LogP) is 1.43. The number of rotatable bonds is 7. The Hall–Kier alpha value is -0.120. The molecule has 1 aliphatic heterocycles. The van der Waals surface area contributed by atoms with Crippen LogP contribution in [0.1, 0.15) is 26.7 Å². The molecule has 0 aliphatic carbocycles. The van der Waals surface area contributed by atoms with Gasteiger partial charge in [-0.3, -0.25) is 0 Å². The SMILES string of the molecule is CC(C)COCCCNC1CCOC1. The molecule has 0 amide bonds. The lowest BCUT2D eigenvalue weighted by molar-refractivity contribution is 0.107. The van der Waals surface area contributed by atoms with Gasteiger partial charge < -0.3 is 14.8 Å². The van der Waals surface area contributed by atoms with E-state index in [1.165, 1.54) is 0 Å². The first-order valence-corrected chi connectivity index (χ1v) is 5.68. The summed E-state index contributed by atoms with van der Waals surface area (Å²) in [5.74, 6) is 0.645. The summed E-state index contributed by atoms with van der Waals surface area (Å²) in [5, 5.41) is 3.46. The fraction of sp³-hybridized carbons (Fsp3) is 1.00. The van der Waals surface area contributed by atoms with Crippen LogP contribution >= 0.6 is 0 Å². The lowest BCUT2D eigenvalue weighted by Crippen LogP contribution is -2.30. The molecule has 1 fully saturated rings. The van der Waals surface area contributed by atoms with Crippen molar-refractivity contribution in [3.63, 3.8) is 0 Å². The molecule has 14 heavy (non-hydrogen) atoms. The molecule has 0 spiro atoms. The Morgan fingerprint density at radius 3 is 3.00 bits per heavy atom. The third-order valence-electron chi connectivity index (χ3n) is 2.28. The number of ether oxygens (including phenoxy) is 2. The molecule has 0 aromatic heterocycles. The minimum atomic E-state index is 0.583. The van der Waals surface area contributed by atoms with Crippen LogP contribution in [0.25, 0.3) is 0 Å². The minimum Gasteiger partial charge on any atom is -0.381 e. The highest BCUT2D eigenvalue weighted by Crippen LogP contribution is 2.02. The Morgan fingerprint density at radius 2 is 2.36 bits per heavy atom. The van der Waals surface area contributed by atoms with Gasteiger partial charge in [0.25, 0.3) is 0 Å². The predicted molar refractivity (Wildman–Crippen MR) is 57.5 cm³/mol. The Kier molecular flexibility index (Phi) is 6.15. The van der Waals surface area contributed by atoms with Crippen molar-refractivity contribution in [1.29, 1.82) is 0 Å². The van der Waals surface area contributed by atoms with Crippen molar-refractivity contribution in [2.24, 2.45) is 5.92 Å². The molecule has 0 aromatic rings. The molecule has 0 bridgehead atoms. The molecule has 0 radical (unpaired) electrons. The minimum absolute atomic E-state index is 0.583. The van der Waals surface area contributed by atoms with E-state index in [0.29, 0.717) is 12.0 Å². The van der Waals surface area contributed by atoms with Crippen molar-refractivity contribution in [2.45, 2.75) is 32.7 Å². The van der Waals surface area contributed by atoms with Crippen LogP contribution in [0, 0.1) is 5.92 Å². The van der Waals surface area contributed by atoms with Gasteiger partial charge in [0, 0.05) is 25.9 Å². The van der Waals surface area contributed by atoms with Gasteiger partial charge in [-0.1, -0.05) is 13.8 Å². The largest absolute Gasteiger partial charge is 0.381 e. The molecule has 3 nitrogen and oxygen atoms in total. The molecule has 0 aromatic carbocycles. The summed E-state index contributed by atoms with van der Waals surface area (Å²) in [7, 11) is 0. The number of hydrogen-bond acceptors (Lipinski definition) is 3. The molecule has 1 atom stereocenters. The standard InChI is InChI=1S/C11H23NO2/c1-10(2)8-13-6-3-5-12-11-4-7-14-9-11/h10-12H,3-9H2,1-2H3. The fourth-order valence-corrected chi connectivity index (χ4v) is 1.49. The Morgan fingerprint density at radius 1 is 1.50 bits per heavy atom. The van der Waals surface area contributed by atoms with E-state index in [4.69, 9.17) is 9.47 Å². The average molecular weight is 201 g/mol. The smallest absolute Gasteiger partial charge is 0.0620 e. The van der Waals surface area contributed by atoms with E-state index in [-0.39, 0.29) is 0 Å². The highest BCUT2D eigenvalue weighted by Gasteiger charge is 2.13. The summed E-state index contributed by atoms with van der Waals surface area (Å²) < 4.78 is 10.8. The van der Waals surface area contributed by atoms with E-state index in [9.17, 15) is 0 Å². The zero-order valence-corrected chi connectivity index (χ0v) is 9.42. The number of hydrogen-bond donors (Lipinski definition) is 1. The molecule has 1 N–H and O–H groups in total. The summed E-state index contributed by atoms with van der Waals surface area (Å²) in [5.41, 5.74) is 0. The maximum absolute atomic E-state index is 5.49. The van der Waals surface area contributed by atoms with Crippen molar-refractivity contribution >= 4 is 0 Å². The average Bonchev–Trinajstić information content (AvgIpc) is 2.63. The van der Waals surface area contributed by atoms with E-state index < -0.39 is 0 Å². The molecular weight excluding hydrogens is 178 g/mol. The third-order valence-corrected chi connectivity index (χ3v) is 2.28. The van der Waals surface area contributed by atoms with Crippen molar-refractivity contribution in [2.75, 3.05) is 33.0 Å². The Labute approximate surface area is 87.2 Å². The van der Waals surface area contributed by atoms with E-state index in [0.717, 1.165) is 45.8 Å². The van der Waals surface area contributed by atoms with E-state index in [1.54, 1.807) is 0 Å². The van der Waals surface area contributed by atoms with Gasteiger partial charge >= 0.3 is 0 Å². The zero-order chi connectivity index (χ0) is 10.2. The fourth-order valence-electron chi connectivity index (χ4n) is 1.49. The lowest BCUT2D eigenvalue weighted by atomic mass is 10.2. The van der Waals surface area contributed by atoms with Gasteiger partial charge in [0.05, 0.1) is 6.61 Å². The highest BCUT2D eigenvalue weighted by molar-refractivity contribution is 4.70. The van der Waals surface area contributed by atoms with Gasteiger partial charge in [0.1, 0.15) is 0 Å². The summed E-state index contributed by atoms with van der Waals surface area (Å²) in [6, 6.07) is 0.583. The van der Waals surface area contributed by atoms with Crippen LogP contribution in [0.15, 0.2) is 0 Å². The van der Waals surface area contributed by atoms with Crippen LogP contribution < -0.4 is 5.32 Å². The van der Waals surface area contributed by atoms with Gasteiger partial charge in [0.2, 0.25) is 0 Å². The molecule has 1 unspecified atom stereocenters. The molecule has 1 heterocycles. The van der Waals surface area contributed by atoms with Crippen molar-refractivity contribution in [1.82, 2.24) is 5.32 Å². The van der Waals surface area contributed by atoms with Gasteiger partial charge in [0.15, 0.2) is 0 Å². The first kappa shape index (κ1) is 12.0. The first-order chi connectivity index (χ1) is 6.79. The van der Waals surface area contributed by atoms with Gasteiger partial charge in [-0.2, -0.15) is 0 Å². The van der Waals surface area contributed by atoms with Crippen LogP contribution in [0.4, 0.5) is 0 Å². The molecule has 3 heteroatoms. The van der Waals surface area contributed by atoms with Crippen LogP contribution in [-0.4, -0.2) is 39.0 Å². The quantitative estimate of drug-likeness (QED) is 0.632. The van der Waals surface area contributed by atoms with Crippen molar-refractivity contribution in [3.8, 4) is 0 Å². The van der Waals surface area contributed by atoms with Crippen molar-refractivity contribution in [3.05, 3.63) is 0 Å². The second kappa shape index (κ2) is 7.21. The normalized spacial score (nSPS) is 22.1. The summed E-state index contributed by atoms with van der Waals surface area (Å²) >= 11 is 0. The van der Waals surface area contributed by atoms with Gasteiger partial charge in [-0.05, 0) is 25.3 Å². The number of nitrogens with one attached hydrogen (secondary N) is 1. The molecule has 1 aliphatic rings.